The molecule has 5 heteroatoms. The lowest BCUT2D eigenvalue weighted by molar-refractivity contribution is 0.324. The summed E-state index contributed by atoms with van der Waals surface area (Å²) in [6, 6.07) is 3.53. The highest BCUT2D eigenvalue weighted by Gasteiger charge is 2.17. The monoisotopic (exact) mass is 266 g/mol. The molecule has 1 aromatic rings. The van der Waals surface area contributed by atoms with E-state index in [9.17, 15) is 0 Å². The molecule has 106 valence electrons. The van der Waals surface area contributed by atoms with Gasteiger partial charge >= 0.3 is 0 Å². The number of benzene rings is 1. The van der Waals surface area contributed by atoms with Crippen LogP contribution in [0, 0.1) is 5.41 Å². The SMILES string of the molecule is COc1cc(N=C(N)C(C)(C)C)cc(OC)c1OC. The lowest BCUT2D eigenvalue weighted by atomic mass is 9.95. The minimum Gasteiger partial charge on any atom is -0.493 e. The lowest BCUT2D eigenvalue weighted by Gasteiger charge is -2.18. The van der Waals surface area contributed by atoms with Crippen molar-refractivity contribution in [2.24, 2.45) is 16.1 Å². The fourth-order valence-corrected chi connectivity index (χ4v) is 1.44. The average molecular weight is 266 g/mol. The largest absolute Gasteiger partial charge is 0.493 e. The molecule has 0 unspecified atom stereocenters. The van der Waals surface area contributed by atoms with Crippen molar-refractivity contribution in [2.45, 2.75) is 20.8 Å². The fourth-order valence-electron chi connectivity index (χ4n) is 1.44. The third-order valence-corrected chi connectivity index (χ3v) is 2.67. The van der Waals surface area contributed by atoms with E-state index >= 15 is 0 Å². The van der Waals surface area contributed by atoms with E-state index in [1.165, 1.54) is 0 Å². The first kappa shape index (κ1) is 15.1. The van der Waals surface area contributed by atoms with Gasteiger partial charge in [0.1, 0.15) is 5.84 Å². The Morgan fingerprint density at radius 1 is 1.00 bits per heavy atom. The second-order valence-electron chi connectivity index (χ2n) is 5.13. The van der Waals surface area contributed by atoms with Crippen LogP contribution in [0.4, 0.5) is 5.69 Å². The van der Waals surface area contributed by atoms with Gasteiger partial charge in [-0.15, -0.1) is 0 Å². The highest BCUT2D eigenvalue weighted by atomic mass is 16.5. The second-order valence-corrected chi connectivity index (χ2v) is 5.13. The van der Waals surface area contributed by atoms with Crippen molar-refractivity contribution in [1.29, 1.82) is 0 Å². The van der Waals surface area contributed by atoms with E-state index in [-0.39, 0.29) is 5.41 Å². The van der Waals surface area contributed by atoms with E-state index in [1.54, 1.807) is 33.5 Å². The molecular formula is C14H22N2O3. The Hall–Kier alpha value is -1.91. The van der Waals surface area contributed by atoms with Crippen LogP contribution in [0.1, 0.15) is 20.8 Å². The van der Waals surface area contributed by atoms with Crippen LogP contribution in [0.25, 0.3) is 0 Å². The summed E-state index contributed by atoms with van der Waals surface area (Å²) in [4.78, 5) is 4.40. The first-order valence-corrected chi connectivity index (χ1v) is 5.98. The number of nitrogens with zero attached hydrogens (tertiary/aromatic N) is 1. The average Bonchev–Trinajstić information content (AvgIpc) is 2.36. The molecule has 1 aromatic carbocycles. The van der Waals surface area contributed by atoms with Crippen molar-refractivity contribution >= 4 is 11.5 Å². The molecule has 0 saturated heterocycles. The zero-order valence-electron chi connectivity index (χ0n) is 12.4. The Morgan fingerprint density at radius 2 is 1.47 bits per heavy atom. The quantitative estimate of drug-likeness (QED) is 0.672. The van der Waals surface area contributed by atoms with E-state index in [2.05, 4.69) is 4.99 Å². The van der Waals surface area contributed by atoms with Gasteiger partial charge in [0.25, 0.3) is 0 Å². The van der Waals surface area contributed by atoms with Gasteiger partial charge in [0, 0.05) is 17.5 Å². The summed E-state index contributed by atoms with van der Waals surface area (Å²) in [6.45, 7) is 6.01. The van der Waals surface area contributed by atoms with E-state index in [0.717, 1.165) is 0 Å². The Bertz CT molecular complexity index is 451. The predicted octanol–water partition coefficient (Wildman–Crippen LogP) is 2.75. The number of rotatable bonds is 4. The summed E-state index contributed by atoms with van der Waals surface area (Å²) < 4.78 is 15.8. The molecule has 0 heterocycles. The van der Waals surface area contributed by atoms with Crippen molar-refractivity contribution in [3.8, 4) is 17.2 Å². The van der Waals surface area contributed by atoms with Gasteiger partial charge in [0.05, 0.1) is 27.0 Å². The zero-order valence-corrected chi connectivity index (χ0v) is 12.4. The molecule has 0 spiro atoms. The summed E-state index contributed by atoms with van der Waals surface area (Å²) >= 11 is 0. The van der Waals surface area contributed by atoms with Gasteiger partial charge in [-0.25, -0.2) is 4.99 Å². The molecule has 0 aliphatic heterocycles. The molecule has 2 N–H and O–H groups in total. The molecule has 0 bridgehead atoms. The van der Waals surface area contributed by atoms with Crippen LogP contribution in [-0.2, 0) is 0 Å². The molecule has 0 radical (unpaired) electrons. The van der Waals surface area contributed by atoms with Crippen LogP contribution in [0.3, 0.4) is 0 Å². The standard InChI is InChI=1S/C14H22N2O3/c1-14(2,3)13(15)16-9-7-10(17-4)12(19-6)11(8-9)18-5/h7-8H,1-6H3,(H2,15,16). The molecule has 0 atom stereocenters. The smallest absolute Gasteiger partial charge is 0.203 e. The molecular weight excluding hydrogens is 244 g/mol. The molecule has 1 rings (SSSR count). The van der Waals surface area contributed by atoms with Crippen LogP contribution >= 0.6 is 0 Å². The minimum atomic E-state index is -0.194. The van der Waals surface area contributed by atoms with Gasteiger partial charge < -0.3 is 19.9 Å². The number of methoxy groups -OCH3 is 3. The Balaban J connectivity index is 3.32. The maximum atomic E-state index is 5.97. The molecule has 0 aromatic heterocycles. The molecule has 0 aliphatic carbocycles. The number of ether oxygens (including phenoxy) is 3. The normalized spacial score (nSPS) is 12.2. The van der Waals surface area contributed by atoms with Gasteiger partial charge in [-0.1, -0.05) is 20.8 Å². The number of hydrogen-bond acceptors (Lipinski definition) is 4. The zero-order chi connectivity index (χ0) is 14.6. The lowest BCUT2D eigenvalue weighted by Crippen LogP contribution is -2.28. The van der Waals surface area contributed by atoms with Crippen LogP contribution in [-0.4, -0.2) is 27.2 Å². The first-order chi connectivity index (χ1) is 8.83. The number of amidine groups is 1. The van der Waals surface area contributed by atoms with E-state index < -0.39 is 0 Å². The van der Waals surface area contributed by atoms with Crippen LogP contribution < -0.4 is 19.9 Å². The van der Waals surface area contributed by atoms with Crippen LogP contribution in [0.2, 0.25) is 0 Å². The van der Waals surface area contributed by atoms with Crippen molar-refractivity contribution in [3.05, 3.63) is 12.1 Å². The predicted molar refractivity (Wildman–Crippen MR) is 76.8 cm³/mol. The molecule has 0 saturated carbocycles. The highest BCUT2D eigenvalue weighted by Crippen LogP contribution is 2.41. The van der Waals surface area contributed by atoms with E-state index in [0.29, 0.717) is 28.8 Å². The van der Waals surface area contributed by atoms with Crippen molar-refractivity contribution in [1.82, 2.24) is 0 Å². The molecule has 0 amide bonds. The fraction of sp³-hybridized carbons (Fsp3) is 0.500. The van der Waals surface area contributed by atoms with Gasteiger partial charge in [-0.05, 0) is 0 Å². The highest BCUT2D eigenvalue weighted by molar-refractivity contribution is 5.88. The topological polar surface area (TPSA) is 66.1 Å². The second kappa shape index (κ2) is 5.82. The summed E-state index contributed by atoms with van der Waals surface area (Å²) in [7, 11) is 4.70. The molecule has 0 aliphatic rings. The summed E-state index contributed by atoms with van der Waals surface area (Å²) in [5.41, 5.74) is 6.45. The van der Waals surface area contributed by atoms with Gasteiger partial charge in [0.15, 0.2) is 11.5 Å². The Labute approximate surface area is 114 Å². The molecule has 5 nitrogen and oxygen atoms in total. The van der Waals surface area contributed by atoms with Crippen molar-refractivity contribution in [3.63, 3.8) is 0 Å². The van der Waals surface area contributed by atoms with Gasteiger partial charge in [-0.2, -0.15) is 0 Å². The Morgan fingerprint density at radius 3 is 1.79 bits per heavy atom. The number of aliphatic imine (C=N–C) groups is 1. The number of hydrogen-bond donors (Lipinski definition) is 1. The van der Waals surface area contributed by atoms with E-state index in [1.807, 2.05) is 20.8 Å². The summed E-state index contributed by atoms with van der Waals surface area (Å²) in [5.74, 6) is 2.20. The third-order valence-electron chi connectivity index (χ3n) is 2.67. The third kappa shape index (κ3) is 3.53. The van der Waals surface area contributed by atoms with Gasteiger partial charge in [-0.3, -0.25) is 0 Å². The maximum absolute atomic E-state index is 5.97. The van der Waals surface area contributed by atoms with Crippen molar-refractivity contribution < 1.29 is 14.2 Å². The minimum absolute atomic E-state index is 0.194. The Kier molecular flexibility index (Phi) is 4.64. The first-order valence-electron chi connectivity index (χ1n) is 5.98. The van der Waals surface area contributed by atoms with Crippen LogP contribution in [0.15, 0.2) is 17.1 Å². The number of nitrogens with two attached hydrogens (primary N) is 1. The van der Waals surface area contributed by atoms with E-state index in [4.69, 9.17) is 19.9 Å². The molecule has 0 fully saturated rings. The van der Waals surface area contributed by atoms with Crippen molar-refractivity contribution in [2.75, 3.05) is 21.3 Å². The van der Waals surface area contributed by atoms with Gasteiger partial charge in [0.2, 0.25) is 5.75 Å². The summed E-state index contributed by atoms with van der Waals surface area (Å²) in [6.07, 6.45) is 0. The van der Waals surface area contributed by atoms with Crippen LogP contribution in [0.5, 0.6) is 17.2 Å². The molecule has 19 heavy (non-hydrogen) atoms. The summed E-state index contributed by atoms with van der Waals surface area (Å²) in [5, 5.41) is 0. The maximum Gasteiger partial charge on any atom is 0.203 e.